The number of hydrogen-bond donors (Lipinski definition) is 3. The van der Waals surface area contributed by atoms with E-state index in [4.69, 9.17) is 0 Å². The predicted molar refractivity (Wildman–Crippen MR) is 119 cm³/mol. The van der Waals surface area contributed by atoms with Gasteiger partial charge < -0.3 is 15.0 Å². The van der Waals surface area contributed by atoms with Gasteiger partial charge >= 0.3 is 0 Å². The number of anilines is 2. The Labute approximate surface area is 190 Å². The lowest BCUT2D eigenvalue weighted by atomic mass is 10.0. The van der Waals surface area contributed by atoms with E-state index in [2.05, 4.69) is 30.0 Å². The average Bonchev–Trinajstić information content (AvgIpc) is 3.53. The molecule has 0 radical (unpaired) electrons. The highest BCUT2D eigenvalue weighted by Gasteiger charge is 2.27. The predicted octanol–water partition coefficient (Wildman–Crippen LogP) is 4.94. The van der Waals surface area contributed by atoms with Crippen molar-refractivity contribution < 1.29 is 18.0 Å². The van der Waals surface area contributed by atoms with Crippen LogP contribution in [0.2, 0.25) is 0 Å². The third kappa shape index (κ3) is 4.36. The highest BCUT2D eigenvalue weighted by Crippen LogP contribution is 2.32. The Morgan fingerprint density at radius 3 is 2.79 bits per heavy atom. The second-order valence-corrected chi connectivity index (χ2v) is 8.41. The Kier molecular flexibility index (Phi) is 5.63. The Bertz CT molecular complexity index is 1360. The van der Waals surface area contributed by atoms with Crippen LogP contribution in [-0.2, 0) is 0 Å². The number of aromatic amines is 1. The molecule has 3 heterocycles. The summed E-state index contributed by atoms with van der Waals surface area (Å²) in [5.41, 5.74) is -0.419. The summed E-state index contributed by atoms with van der Waals surface area (Å²) in [5, 5.41) is 3.82. The van der Waals surface area contributed by atoms with Gasteiger partial charge in [-0.2, -0.15) is 4.39 Å². The van der Waals surface area contributed by atoms with Crippen LogP contribution in [0.3, 0.4) is 0 Å². The van der Waals surface area contributed by atoms with Crippen LogP contribution < -0.4 is 10.0 Å². The van der Waals surface area contributed by atoms with Gasteiger partial charge in [-0.15, -0.1) is 0 Å². The van der Waals surface area contributed by atoms with Crippen molar-refractivity contribution in [1.29, 1.82) is 0 Å². The van der Waals surface area contributed by atoms with E-state index < -0.39 is 28.9 Å². The maximum atomic E-state index is 15.2. The van der Waals surface area contributed by atoms with Gasteiger partial charge in [0.25, 0.3) is 0 Å². The molecule has 168 valence electrons. The number of ketones is 1. The third-order valence-corrected chi connectivity index (χ3v) is 6.00. The van der Waals surface area contributed by atoms with Gasteiger partial charge in [0, 0.05) is 24.7 Å². The van der Waals surface area contributed by atoms with Crippen LogP contribution in [0.1, 0.15) is 28.8 Å². The minimum Gasteiger partial charge on any atom is -0.369 e. The number of benzene rings is 1. The molecule has 3 N–H and O–H groups in total. The minimum atomic E-state index is -1.07. The van der Waals surface area contributed by atoms with Crippen LogP contribution >= 0.6 is 11.9 Å². The van der Waals surface area contributed by atoms with Crippen molar-refractivity contribution in [2.75, 3.05) is 16.6 Å². The van der Waals surface area contributed by atoms with Crippen LogP contribution in [0.25, 0.3) is 11.0 Å². The quantitative estimate of drug-likeness (QED) is 0.191. The molecular formula is C22H17F3N6OS. The van der Waals surface area contributed by atoms with E-state index in [9.17, 15) is 13.6 Å². The van der Waals surface area contributed by atoms with E-state index in [1.807, 2.05) is 0 Å². The van der Waals surface area contributed by atoms with Crippen LogP contribution in [-0.4, -0.2) is 32.3 Å². The first-order valence-electron chi connectivity index (χ1n) is 10.2. The van der Waals surface area contributed by atoms with Gasteiger partial charge in [0.1, 0.15) is 28.6 Å². The largest absolute Gasteiger partial charge is 0.369 e. The lowest BCUT2D eigenvalue weighted by Gasteiger charge is -2.11. The van der Waals surface area contributed by atoms with Crippen molar-refractivity contribution in [1.82, 2.24) is 19.9 Å². The van der Waals surface area contributed by atoms with E-state index >= 15 is 4.39 Å². The number of hydrogen-bond acceptors (Lipinski definition) is 7. The Balaban J connectivity index is 1.47. The summed E-state index contributed by atoms with van der Waals surface area (Å²) < 4.78 is 45.8. The average molecular weight is 470 g/mol. The number of nitrogens with one attached hydrogen (secondary N) is 3. The number of fused-ring (bicyclic) bond motifs is 1. The fourth-order valence-electron chi connectivity index (χ4n) is 3.37. The zero-order valence-electron chi connectivity index (χ0n) is 17.0. The Hall–Kier alpha value is -3.60. The van der Waals surface area contributed by atoms with Gasteiger partial charge in [0.2, 0.25) is 11.7 Å². The normalized spacial score (nSPS) is 13.3. The molecule has 1 aliphatic rings. The third-order valence-electron chi connectivity index (χ3n) is 5.24. The number of rotatable bonds is 8. The molecule has 4 aromatic rings. The Morgan fingerprint density at radius 2 is 2.00 bits per heavy atom. The van der Waals surface area contributed by atoms with Crippen molar-refractivity contribution in [3.05, 3.63) is 71.6 Å². The van der Waals surface area contributed by atoms with Gasteiger partial charge in [0.15, 0.2) is 5.82 Å². The van der Waals surface area contributed by atoms with Crippen molar-refractivity contribution in [2.45, 2.75) is 17.9 Å². The van der Waals surface area contributed by atoms with E-state index in [1.165, 1.54) is 30.7 Å². The number of halogens is 3. The van der Waals surface area contributed by atoms with Crippen molar-refractivity contribution >= 4 is 40.3 Å². The standard InChI is InChI=1S/C22H17F3N6OS/c23-13-6-7-14(31-33-16-3-1-2-15(24)30-16)19(25)18(13)20(32)12-9-27-22-17(12)21(28-10-29-22)26-8-11-4-5-11/h1-3,6-7,9-11,31H,4-5,8H2,(H2,26,27,28,29). The van der Waals surface area contributed by atoms with Crippen molar-refractivity contribution in [3.8, 4) is 0 Å². The molecule has 1 aromatic carbocycles. The number of carbonyl (C=O) groups is 1. The van der Waals surface area contributed by atoms with E-state index in [-0.39, 0.29) is 16.3 Å². The summed E-state index contributed by atoms with van der Waals surface area (Å²) in [7, 11) is 0. The molecule has 1 aliphatic carbocycles. The fourth-order valence-corrected chi connectivity index (χ4v) is 4.02. The molecule has 0 unspecified atom stereocenters. The van der Waals surface area contributed by atoms with E-state index in [0.717, 1.165) is 36.9 Å². The first-order chi connectivity index (χ1) is 16.0. The second kappa shape index (κ2) is 8.74. The molecular weight excluding hydrogens is 453 g/mol. The van der Waals surface area contributed by atoms with E-state index in [1.54, 1.807) is 0 Å². The lowest BCUT2D eigenvalue weighted by molar-refractivity contribution is 0.103. The number of pyridine rings is 1. The van der Waals surface area contributed by atoms with Crippen LogP contribution in [0.4, 0.5) is 24.7 Å². The molecule has 1 saturated carbocycles. The van der Waals surface area contributed by atoms with Crippen LogP contribution in [0, 0.1) is 23.5 Å². The summed E-state index contributed by atoms with van der Waals surface area (Å²) in [6, 6.07) is 6.31. The topological polar surface area (TPSA) is 95.6 Å². The molecule has 11 heteroatoms. The number of carbonyl (C=O) groups excluding carboxylic acids is 1. The highest BCUT2D eigenvalue weighted by molar-refractivity contribution is 8.00. The maximum absolute atomic E-state index is 15.2. The van der Waals surface area contributed by atoms with Gasteiger partial charge in [-0.1, -0.05) is 6.07 Å². The molecule has 7 nitrogen and oxygen atoms in total. The van der Waals surface area contributed by atoms with Crippen molar-refractivity contribution in [2.24, 2.45) is 5.92 Å². The Morgan fingerprint density at radius 1 is 1.15 bits per heavy atom. The second-order valence-electron chi connectivity index (χ2n) is 7.59. The molecule has 0 saturated heterocycles. The number of nitrogens with zero attached hydrogens (tertiary/aromatic N) is 3. The highest BCUT2D eigenvalue weighted by atomic mass is 32.2. The van der Waals surface area contributed by atoms with Gasteiger partial charge in [-0.3, -0.25) is 4.79 Å². The first-order valence-corrected chi connectivity index (χ1v) is 11.0. The molecule has 0 atom stereocenters. The summed E-state index contributed by atoms with van der Waals surface area (Å²) in [6.45, 7) is 0.693. The molecule has 0 spiro atoms. The number of H-pyrrole nitrogens is 1. The van der Waals surface area contributed by atoms with Crippen molar-refractivity contribution in [3.63, 3.8) is 0 Å². The summed E-state index contributed by atoms with van der Waals surface area (Å²) in [5.74, 6) is -2.63. The summed E-state index contributed by atoms with van der Waals surface area (Å²) in [4.78, 5) is 28.1. The molecule has 33 heavy (non-hydrogen) atoms. The van der Waals surface area contributed by atoms with Gasteiger partial charge in [-0.25, -0.2) is 23.7 Å². The fraction of sp³-hybridized carbons (Fsp3) is 0.182. The first kappa shape index (κ1) is 21.3. The van der Waals surface area contributed by atoms with Gasteiger partial charge in [-0.05, 0) is 43.0 Å². The zero-order valence-corrected chi connectivity index (χ0v) is 17.8. The minimum absolute atomic E-state index is 0.0540. The van der Waals surface area contributed by atoms with Crippen LogP contribution in [0.5, 0.6) is 0 Å². The molecule has 1 fully saturated rings. The molecule has 0 amide bonds. The number of aromatic nitrogens is 4. The van der Waals surface area contributed by atoms with Crippen LogP contribution in [0.15, 0.2) is 47.9 Å². The molecule has 0 bridgehead atoms. The molecule has 0 aliphatic heterocycles. The van der Waals surface area contributed by atoms with E-state index in [0.29, 0.717) is 29.3 Å². The smallest absolute Gasteiger partial charge is 0.213 e. The maximum Gasteiger partial charge on any atom is 0.213 e. The lowest BCUT2D eigenvalue weighted by Crippen LogP contribution is -2.11. The zero-order chi connectivity index (χ0) is 22.9. The SMILES string of the molecule is O=C(c1c(F)ccc(NSc2cccc(F)n2)c1F)c1c[nH]c2ncnc(NCC3CC3)c12. The molecule has 3 aromatic heterocycles. The summed E-state index contributed by atoms with van der Waals surface area (Å²) in [6.07, 6.45) is 4.97. The monoisotopic (exact) mass is 470 g/mol. The van der Waals surface area contributed by atoms with Gasteiger partial charge in [0.05, 0.1) is 22.2 Å². The molecule has 5 rings (SSSR count). The summed E-state index contributed by atoms with van der Waals surface area (Å²) >= 11 is 0.835.